The summed E-state index contributed by atoms with van der Waals surface area (Å²) in [6, 6.07) is 77.8. The minimum atomic E-state index is -0.370. The molecule has 1 spiro atoms. The van der Waals surface area contributed by atoms with Crippen molar-refractivity contribution in [2.24, 2.45) is 0 Å². The Bertz CT molecular complexity index is 2880. The Morgan fingerprint density at radius 2 is 0.655 bits per heavy atom. The van der Waals surface area contributed by atoms with Crippen LogP contribution in [-0.2, 0) is 10.8 Å². The minimum Gasteiger partial charge on any atom is -0.248 e. The molecule has 0 saturated heterocycles. The van der Waals surface area contributed by atoms with Crippen LogP contribution in [0, 0.1) is 0 Å². The summed E-state index contributed by atoms with van der Waals surface area (Å²) < 4.78 is 0. The number of hydrogen-bond acceptors (Lipinski definition) is 1. The maximum atomic E-state index is 5.14. The molecule has 0 radical (unpaired) electrons. The van der Waals surface area contributed by atoms with Crippen LogP contribution in [-0.4, -0.2) is 4.98 Å². The third kappa shape index (κ3) is 5.20. The van der Waals surface area contributed by atoms with Crippen LogP contribution in [0.15, 0.2) is 212 Å². The van der Waals surface area contributed by atoms with Crippen LogP contribution in [0.1, 0.15) is 47.2 Å². The largest absolute Gasteiger partial charge is 0.248 e. The first-order valence-corrected chi connectivity index (χ1v) is 20.3. The monoisotopic (exact) mass is 739 g/mol. The van der Waals surface area contributed by atoms with Gasteiger partial charge >= 0.3 is 0 Å². The number of hydrogen-bond donors (Lipinski definition) is 0. The molecule has 2 aliphatic carbocycles. The molecular formula is C57H41N. The van der Waals surface area contributed by atoms with Crippen LogP contribution in [0.4, 0.5) is 0 Å². The van der Waals surface area contributed by atoms with Gasteiger partial charge in [0.15, 0.2) is 0 Å². The summed E-state index contributed by atoms with van der Waals surface area (Å²) in [6.07, 6.45) is 0. The van der Waals surface area contributed by atoms with E-state index < -0.39 is 0 Å². The zero-order chi connectivity index (χ0) is 38.8. The third-order valence-electron chi connectivity index (χ3n) is 12.8. The van der Waals surface area contributed by atoms with Gasteiger partial charge in [0.25, 0.3) is 0 Å². The molecule has 2 aliphatic rings. The van der Waals surface area contributed by atoms with E-state index >= 15 is 0 Å². The summed E-state index contributed by atoms with van der Waals surface area (Å²) in [5.74, 6) is 0. The fourth-order valence-electron chi connectivity index (χ4n) is 9.97. The molecule has 0 aliphatic heterocycles. The quantitative estimate of drug-likeness (QED) is 0.171. The summed E-state index contributed by atoms with van der Waals surface area (Å²) in [6.45, 7) is 4.76. The van der Waals surface area contributed by atoms with Gasteiger partial charge in [0.1, 0.15) is 0 Å². The highest BCUT2D eigenvalue weighted by Gasteiger charge is 2.53. The first-order valence-electron chi connectivity index (χ1n) is 20.3. The lowest BCUT2D eigenvalue weighted by Crippen LogP contribution is -2.40. The van der Waals surface area contributed by atoms with Crippen molar-refractivity contribution in [2.75, 3.05) is 0 Å². The van der Waals surface area contributed by atoms with Crippen LogP contribution >= 0.6 is 0 Å². The second-order valence-electron chi connectivity index (χ2n) is 16.3. The van der Waals surface area contributed by atoms with Crippen molar-refractivity contribution in [3.05, 3.63) is 246 Å². The molecule has 1 aromatic heterocycles. The van der Waals surface area contributed by atoms with Crippen molar-refractivity contribution >= 4 is 0 Å². The van der Waals surface area contributed by atoms with Crippen molar-refractivity contribution in [3.63, 3.8) is 0 Å². The Hall–Kier alpha value is -7.09. The Morgan fingerprint density at radius 3 is 1.22 bits per heavy atom. The predicted molar refractivity (Wildman–Crippen MR) is 241 cm³/mol. The number of pyridine rings is 1. The third-order valence-corrected chi connectivity index (χ3v) is 12.8. The summed E-state index contributed by atoms with van der Waals surface area (Å²) in [7, 11) is 0. The number of rotatable bonds is 5. The first kappa shape index (κ1) is 34.2. The van der Waals surface area contributed by atoms with Crippen LogP contribution < -0.4 is 0 Å². The highest BCUT2D eigenvalue weighted by Crippen LogP contribution is 2.62. The molecule has 9 aromatic rings. The van der Waals surface area contributed by atoms with Crippen molar-refractivity contribution in [3.8, 4) is 67.0 Å². The molecule has 0 amide bonds. The van der Waals surface area contributed by atoms with Crippen molar-refractivity contribution in [1.82, 2.24) is 4.98 Å². The molecule has 0 atom stereocenters. The van der Waals surface area contributed by atoms with Gasteiger partial charge in [-0.25, -0.2) is 4.98 Å². The van der Waals surface area contributed by atoms with E-state index in [1.54, 1.807) is 0 Å². The van der Waals surface area contributed by atoms with Crippen LogP contribution in [0.5, 0.6) is 0 Å². The van der Waals surface area contributed by atoms with Gasteiger partial charge < -0.3 is 0 Å². The molecule has 0 fully saturated rings. The SMILES string of the molecule is CC1(C)c2ccccc2C2(c3ccccc3-c3cc(-c4ccc(-c5ccc(-c6cc(-c7ccccc7)cc(-c7ccccc7)n6)cc5)cc4)ccc32)c2ccccc21. The highest BCUT2D eigenvalue weighted by molar-refractivity contribution is 5.91. The highest BCUT2D eigenvalue weighted by atomic mass is 14.7. The first-order chi connectivity index (χ1) is 28.5. The van der Waals surface area contributed by atoms with E-state index in [0.29, 0.717) is 0 Å². The van der Waals surface area contributed by atoms with E-state index in [-0.39, 0.29) is 10.8 Å². The van der Waals surface area contributed by atoms with Gasteiger partial charge in [-0.2, -0.15) is 0 Å². The van der Waals surface area contributed by atoms with E-state index in [2.05, 4.69) is 220 Å². The zero-order valence-electron chi connectivity index (χ0n) is 32.7. The average molecular weight is 740 g/mol. The van der Waals surface area contributed by atoms with Gasteiger partial charge in [0.2, 0.25) is 0 Å². The second kappa shape index (κ2) is 13.3. The lowest BCUT2D eigenvalue weighted by Gasteiger charge is -2.46. The number of fused-ring (bicyclic) bond motifs is 9. The molecule has 0 unspecified atom stereocenters. The van der Waals surface area contributed by atoms with E-state index in [4.69, 9.17) is 4.98 Å². The molecule has 8 aromatic carbocycles. The van der Waals surface area contributed by atoms with Crippen LogP contribution in [0.3, 0.4) is 0 Å². The van der Waals surface area contributed by atoms with Gasteiger partial charge in [-0.15, -0.1) is 0 Å². The topological polar surface area (TPSA) is 12.9 Å². The molecular weight excluding hydrogens is 699 g/mol. The van der Waals surface area contributed by atoms with Crippen molar-refractivity contribution in [2.45, 2.75) is 24.7 Å². The maximum absolute atomic E-state index is 5.14. The van der Waals surface area contributed by atoms with Crippen molar-refractivity contribution in [1.29, 1.82) is 0 Å². The van der Waals surface area contributed by atoms with E-state index in [9.17, 15) is 0 Å². The molecule has 1 nitrogen and oxygen atoms in total. The van der Waals surface area contributed by atoms with E-state index in [1.165, 1.54) is 72.3 Å². The number of aromatic nitrogens is 1. The summed E-state index contributed by atoms with van der Waals surface area (Å²) in [5.41, 5.74) is 21.8. The lowest BCUT2D eigenvalue weighted by atomic mass is 9.55. The average Bonchev–Trinajstić information content (AvgIpc) is 3.59. The molecule has 0 saturated carbocycles. The van der Waals surface area contributed by atoms with Crippen molar-refractivity contribution < 1.29 is 0 Å². The Balaban J connectivity index is 0.946. The Labute approximate surface area is 341 Å². The Kier molecular flexibility index (Phi) is 7.81. The van der Waals surface area contributed by atoms with E-state index in [1.807, 2.05) is 6.07 Å². The van der Waals surface area contributed by atoms with Gasteiger partial charge in [0.05, 0.1) is 16.8 Å². The van der Waals surface area contributed by atoms with E-state index in [0.717, 1.165) is 28.1 Å². The van der Waals surface area contributed by atoms with Gasteiger partial charge in [-0.1, -0.05) is 208 Å². The molecule has 1 heteroatoms. The molecule has 11 rings (SSSR count). The second-order valence-corrected chi connectivity index (χ2v) is 16.3. The van der Waals surface area contributed by atoms with Crippen LogP contribution in [0.25, 0.3) is 67.0 Å². The fourth-order valence-corrected chi connectivity index (χ4v) is 9.97. The fraction of sp³-hybridized carbons (Fsp3) is 0.0702. The number of benzene rings is 8. The molecule has 0 N–H and O–H groups in total. The minimum absolute atomic E-state index is 0.103. The van der Waals surface area contributed by atoms with Gasteiger partial charge in [0, 0.05) is 16.5 Å². The summed E-state index contributed by atoms with van der Waals surface area (Å²) in [5, 5.41) is 0. The van der Waals surface area contributed by atoms with Gasteiger partial charge in [-0.3, -0.25) is 0 Å². The maximum Gasteiger partial charge on any atom is 0.0719 e. The predicted octanol–water partition coefficient (Wildman–Crippen LogP) is 14.4. The standard InChI is InChI=1S/C57H41N/c1-56(2)50-21-11-13-23-52(50)57(53-24-14-12-22-51(53)56)48-20-10-9-19-46(48)47-35-44(33-34-49(47)57)41-27-25-39(26-28-41)40-29-31-43(32-30-40)55-37-45(38-15-5-3-6-16-38)36-54(58-55)42-17-7-4-8-18-42/h3-37H,1-2H3. The normalized spacial score (nSPS) is 14.0. The summed E-state index contributed by atoms with van der Waals surface area (Å²) in [4.78, 5) is 5.14. The van der Waals surface area contributed by atoms with Crippen LogP contribution in [0.2, 0.25) is 0 Å². The molecule has 0 bridgehead atoms. The molecule has 1 heterocycles. The Morgan fingerprint density at radius 1 is 0.276 bits per heavy atom. The lowest BCUT2D eigenvalue weighted by molar-refractivity contribution is 0.563. The van der Waals surface area contributed by atoms with Gasteiger partial charge in [-0.05, 0) is 96.1 Å². The number of nitrogens with zero attached hydrogens (tertiary/aromatic N) is 1. The smallest absolute Gasteiger partial charge is 0.0719 e. The summed E-state index contributed by atoms with van der Waals surface area (Å²) >= 11 is 0. The molecule has 58 heavy (non-hydrogen) atoms. The molecule has 274 valence electrons. The zero-order valence-corrected chi connectivity index (χ0v) is 32.7.